The minimum Gasteiger partial charge on any atom is -0.481 e. The largest absolute Gasteiger partial charge is 0.481 e. The van der Waals surface area contributed by atoms with Crippen molar-refractivity contribution < 1.29 is 14.7 Å². The Labute approximate surface area is 114 Å². The highest BCUT2D eigenvalue weighted by atomic mass is 79.9. The van der Waals surface area contributed by atoms with E-state index < -0.39 is 11.9 Å². The lowest BCUT2D eigenvalue weighted by Gasteiger charge is -2.22. The van der Waals surface area contributed by atoms with Crippen LogP contribution in [-0.4, -0.2) is 40.0 Å². The topological polar surface area (TPSA) is 70.5 Å². The molecule has 1 atom stereocenters. The van der Waals surface area contributed by atoms with Crippen LogP contribution in [-0.2, 0) is 4.79 Å². The van der Waals surface area contributed by atoms with Gasteiger partial charge in [-0.25, -0.2) is 4.98 Å². The van der Waals surface area contributed by atoms with Crippen molar-refractivity contribution in [2.45, 2.75) is 13.8 Å². The van der Waals surface area contributed by atoms with Crippen LogP contribution in [0.15, 0.2) is 22.8 Å². The quantitative estimate of drug-likeness (QED) is 0.902. The number of aromatic nitrogens is 1. The smallest absolute Gasteiger partial charge is 0.308 e. The van der Waals surface area contributed by atoms with E-state index in [1.165, 1.54) is 4.90 Å². The fourth-order valence-electron chi connectivity index (χ4n) is 1.43. The molecule has 1 heterocycles. The van der Waals surface area contributed by atoms with Gasteiger partial charge in [-0.3, -0.25) is 9.59 Å². The first-order valence-corrected chi connectivity index (χ1v) is 6.38. The number of carbonyl (C=O) groups excluding carboxylic acids is 1. The Balaban J connectivity index is 2.79. The summed E-state index contributed by atoms with van der Waals surface area (Å²) in [7, 11) is 0. The second-order valence-corrected chi connectivity index (χ2v) is 4.86. The fraction of sp³-hybridized carbons (Fsp3) is 0.417. The molecule has 0 radical (unpaired) electrons. The third kappa shape index (κ3) is 3.80. The van der Waals surface area contributed by atoms with Gasteiger partial charge in [0.15, 0.2) is 0 Å². The third-order valence-corrected chi connectivity index (χ3v) is 3.00. The van der Waals surface area contributed by atoms with E-state index in [1.807, 2.05) is 6.92 Å². The molecule has 1 N–H and O–H groups in total. The minimum absolute atomic E-state index is 0.183. The predicted octanol–water partition coefficient (Wildman–Crippen LogP) is 2.03. The monoisotopic (exact) mass is 314 g/mol. The van der Waals surface area contributed by atoms with Crippen molar-refractivity contribution in [3.63, 3.8) is 0 Å². The zero-order valence-electron chi connectivity index (χ0n) is 10.3. The Morgan fingerprint density at radius 3 is 2.61 bits per heavy atom. The number of carboxylic acids is 1. The summed E-state index contributed by atoms with van der Waals surface area (Å²) < 4.78 is 0.793. The summed E-state index contributed by atoms with van der Waals surface area (Å²) in [6.45, 7) is 4.02. The SMILES string of the molecule is CCN(CC(C)C(=O)O)C(=O)c1ccc(Br)cn1. The number of rotatable bonds is 5. The van der Waals surface area contributed by atoms with Crippen molar-refractivity contribution in [2.24, 2.45) is 5.92 Å². The maximum Gasteiger partial charge on any atom is 0.308 e. The van der Waals surface area contributed by atoms with E-state index in [-0.39, 0.29) is 12.5 Å². The average molecular weight is 315 g/mol. The van der Waals surface area contributed by atoms with Crippen LogP contribution in [0.2, 0.25) is 0 Å². The highest BCUT2D eigenvalue weighted by Gasteiger charge is 2.21. The van der Waals surface area contributed by atoms with Crippen molar-refractivity contribution in [1.29, 1.82) is 0 Å². The Morgan fingerprint density at radius 2 is 2.17 bits per heavy atom. The predicted molar refractivity (Wildman–Crippen MR) is 70.3 cm³/mol. The Hall–Kier alpha value is -1.43. The molecule has 18 heavy (non-hydrogen) atoms. The zero-order valence-corrected chi connectivity index (χ0v) is 11.8. The van der Waals surface area contributed by atoms with Gasteiger partial charge in [0.25, 0.3) is 5.91 Å². The fourth-order valence-corrected chi connectivity index (χ4v) is 1.66. The van der Waals surface area contributed by atoms with Gasteiger partial charge in [0.2, 0.25) is 0 Å². The van der Waals surface area contributed by atoms with Crippen molar-refractivity contribution in [1.82, 2.24) is 9.88 Å². The normalized spacial score (nSPS) is 11.9. The molecule has 0 saturated heterocycles. The molecule has 0 bridgehead atoms. The molecule has 0 spiro atoms. The molecule has 0 saturated carbocycles. The van der Waals surface area contributed by atoms with E-state index >= 15 is 0 Å². The third-order valence-electron chi connectivity index (χ3n) is 2.53. The molecule has 0 aliphatic rings. The lowest BCUT2D eigenvalue weighted by molar-refractivity contribution is -0.141. The number of aliphatic carboxylic acids is 1. The number of amides is 1. The van der Waals surface area contributed by atoms with Gasteiger partial charge in [0, 0.05) is 23.8 Å². The van der Waals surface area contributed by atoms with Gasteiger partial charge in [0.1, 0.15) is 5.69 Å². The lowest BCUT2D eigenvalue weighted by Crippen LogP contribution is -2.37. The van der Waals surface area contributed by atoms with Gasteiger partial charge in [-0.15, -0.1) is 0 Å². The van der Waals surface area contributed by atoms with E-state index in [0.717, 1.165) is 4.47 Å². The number of pyridine rings is 1. The summed E-state index contributed by atoms with van der Waals surface area (Å²) in [5, 5.41) is 8.86. The highest BCUT2D eigenvalue weighted by molar-refractivity contribution is 9.10. The number of hydrogen-bond donors (Lipinski definition) is 1. The van der Waals surface area contributed by atoms with Crippen molar-refractivity contribution in [3.8, 4) is 0 Å². The molecular formula is C12H15BrN2O3. The molecule has 1 unspecified atom stereocenters. The zero-order chi connectivity index (χ0) is 13.7. The highest BCUT2D eigenvalue weighted by Crippen LogP contribution is 2.10. The van der Waals surface area contributed by atoms with Crippen LogP contribution >= 0.6 is 15.9 Å². The van der Waals surface area contributed by atoms with Gasteiger partial charge in [-0.2, -0.15) is 0 Å². The number of carboxylic acid groups (broad SMARTS) is 1. The van der Waals surface area contributed by atoms with Crippen molar-refractivity contribution in [2.75, 3.05) is 13.1 Å². The molecule has 1 rings (SSSR count). The van der Waals surface area contributed by atoms with Crippen LogP contribution in [0.1, 0.15) is 24.3 Å². The van der Waals surface area contributed by atoms with Gasteiger partial charge in [0.05, 0.1) is 5.92 Å². The second kappa shape index (κ2) is 6.49. The van der Waals surface area contributed by atoms with E-state index in [0.29, 0.717) is 12.2 Å². The van der Waals surface area contributed by atoms with Gasteiger partial charge >= 0.3 is 5.97 Å². The van der Waals surface area contributed by atoms with Crippen LogP contribution in [0.25, 0.3) is 0 Å². The summed E-state index contributed by atoms with van der Waals surface area (Å²) >= 11 is 3.24. The Morgan fingerprint density at radius 1 is 1.50 bits per heavy atom. The molecule has 1 aromatic rings. The maximum absolute atomic E-state index is 12.1. The Kier molecular flexibility index (Phi) is 5.27. The number of nitrogens with zero attached hydrogens (tertiary/aromatic N) is 2. The van der Waals surface area contributed by atoms with E-state index in [1.54, 1.807) is 25.3 Å². The summed E-state index contributed by atoms with van der Waals surface area (Å²) in [5.41, 5.74) is 0.317. The first kappa shape index (κ1) is 14.6. The molecule has 5 nitrogen and oxygen atoms in total. The lowest BCUT2D eigenvalue weighted by atomic mass is 10.1. The number of carbonyl (C=O) groups is 2. The van der Waals surface area contributed by atoms with E-state index in [4.69, 9.17) is 5.11 Å². The minimum atomic E-state index is -0.912. The molecule has 0 aromatic carbocycles. The molecule has 0 aliphatic carbocycles. The summed E-state index contributed by atoms with van der Waals surface area (Å²) in [4.78, 5) is 28.4. The van der Waals surface area contributed by atoms with Crippen molar-refractivity contribution >= 4 is 27.8 Å². The van der Waals surface area contributed by atoms with Gasteiger partial charge in [-0.1, -0.05) is 6.92 Å². The molecule has 0 aliphatic heterocycles. The van der Waals surface area contributed by atoms with Crippen LogP contribution in [0, 0.1) is 5.92 Å². The van der Waals surface area contributed by atoms with Crippen LogP contribution in [0.5, 0.6) is 0 Å². The van der Waals surface area contributed by atoms with Crippen LogP contribution in [0.3, 0.4) is 0 Å². The molecular weight excluding hydrogens is 300 g/mol. The van der Waals surface area contributed by atoms with Crippen LogP contribution < -0.4 is 0 Å². The number of hydrogen-bond acceptors (Lipinski definition) is 3. The van der Waals surface area contributed by atoms with Gasteiger partial charge in [-0.05, 0) is 35.0 Å². The summed E-state index contributed by atoms with van der Waals surface area (Å²) in [6, 6.07) is 3.34. The van der Waals surface area contributed by atoms with Gasteiger partial charge < -0.3 is 10.0 Å². The van der Waals surface area contributed by atoms with Crippen molar-refractivity contribution in [3.05, 3.63) is 28.5 Å². The standard InChI is InChI=1S/C12H15BrN2O3/c1-3-15(7-8(2)12(17)18)11(16)10-5-4-9(13)6-14-10/h4-6,8H,3,7H2,1-2H3,(H,17,18). The number of halogens is 1. The second-order valence-electron chi connectivity index (χ2n) is 3.94. The van der Waals surface area contributed by atoms with E-state index in [9.17, 15) is 9.59 Å². The van der Waals surface area contributed by atoms with Crippen LogP contribution in [0.4, 0.5) is 0 Å². The summed E-state index contributed by atoms with van der Waals surface area (Å²) in [6.07, 6.45) is 1.54. The summed E-state index contributed by atoms with van der Waals surface area (Å²) in [5.74, 6) is -1.76. The molecule has 1 amide bonds. The molecule has 98 valence electrons. The average Bonchev–Trinajstić information content (AvgIpc) is 2.35. The Bertz CT molecular complexity index is 433. The molecule has 6 heteroatoms. The molecule has 1 aromatic heterocycles. The first-order valence-electron chi connectivity index (χ1n) is 5.59. The first-order chi connectivity index (χ1) is 8.45. The maximum atomic E-state index is 12.1. The molecule has 0 fully saturated rings. The van der Waals surface area contributed by atoms with E-state index in [2.05, 4.69) is 20.9 Å².